The Kier molecular flexibility index (Phi) is 3.36. The summed E-state index contributed by atoms with van der Waals surface area (Å²) in [5.41, 5.74) is 0.854. The molecule has 0 unspecified atom stereocenters. The normalized spacial score (nSPS) is 32.4. The molecule has 2 rings (SSSR count). The second kappa shape index (κ2) is 4.77. The highest BCUT2D eigenvalue weighted by Crippen LogP contribution is 2.33. The Morgan fingerprint density at radius 2 is 2.12 bits per heavy atom. The highest BCUT2D eigenvalue weighted by atomic mass is 16.6. The lowest BCUT2D eigenvalue weighted by Gasteiger charge is -2.14. The Morgan fingerprint density at radius 1 is 1.35 bits per heavy atom. The largest absolute Gasteiger partial charge is 0.394 e. The minimum atomic E-state index is -1.14. The second-order valence-corrected chi connectivity index (χ2v) is 3.88. The maximum Gasteiger partial charge on any atom is 0.113 e. The van der Waals surface area contributed by atoms with E-state index < -0.39 is 24.4 Å². The topological polar surface area (TPSA) is 107 Å². The third-order valence-corrected chi connectivity index (χ3v) is 2.76. The molecule has 0 aromatic carbocycles. The van der Waals surface area contributed by atoms with Crippen molar-refractivity contribution in [3.63, 3.8) is 0 Å². The van der Waals surface area contributed by atoms with Gasteiger partial charge in [-0.2, -0.15) is 5.26 Å². The molecule has 4 atom stereocenters. The summed E-state index contributed by atoms with van der Waals surface area (Å²) in [5.74, 6) is 0. The van der Waals surface area contributed by atoms with Crippen LogP contribution in [0.15, 0.2) is 18.5 Å². The summed E-state index contributed by atoms with van der Waals surface area (Å²) >= 11 is 0. The van der Waals surface area contributed by atoms with Gasteiger partial charge in [0, 0.05) is 18.0 Å². The molecular weight excluding hydrogens is 224 g/mol. The van der Waals surface area contributed by atoms with Crippen molar-refractivity contribution in [1.29, 1.82) is 5.26 Å². The molecule has 0 spiro atoms. The number of pyridine rings is 1. The Bertz CT molecular complexity index is 445. The summed E-state index contributed by atoms with van der Waals surface area (Å²) in [7, 11) is 0. The molecule has 0 amide bonds. The number of aliphatic hydroxyl groups is 3. The van der Waals surface area contributed by atoms with Crippen molar-refractivity contribution in [2.24, 2.45) is 0 Å². The van der Waals surface area contributed by atoms with Crippen LogP contribution in [0.2, 0.25) is 0 Å². The minimum absolute atomic E-state index is 0.347. The number of hydrogen-bond donors (Lipinski definition) is 3. The standard InChI is InChI=1S/C11H12N2O4/c12-2-6-1-7(4-13-3-6)11-10(16)9(15)8(5-14)17-11/h1,3-4,8-11,14-16H,5H2/t8-,9+,10+,11-/m1/s1. The van der Waals surface area contributed by atoms with E-state index >= 15 is 0 Å². The van der Waals surface area contributed by atoms with Crippen LogP contribution in [-0.2, 0) is 4.74 Å². The molecule has 0 radical (unpaired) electrons. The van der Waals surface area contributed by atoms with Crippen molar-refractivity contribution in [2.45, 2.75) is 24.4 Å². The average molecular weight is 236 g/mol. The second-order valence-electron chi connectivity index (χ2n) is 3.88. The number of nitrogens with zero attached hydrogens (tertiary/aromatic N) is 2. The van der Waals surface area contributed by atoms with E-state index in [0.29, 0.717) is 11.1 Å². The van der Waals surface area contributed by atoms with Gasteiger partial charge in [-0.15, -0.1) is 0 Å². The van der Waals surface area contributed by atoms with Crippen LogP contribution in [0, 0.1) is 11.3 Å². The van der Waals surface area contributed by atoms with Crippen molar-refractivity contribution < 1.29 is 20.1 Å². The molecule has 0 saturated carbocycles. The zero-order valence-electron chi connectivity index (χ0n) is 8.89. The van der Waals surface area contributed by atoms with Gasteiger partial charge in [0.05, 0.1) is 12.2 Å². The summed E-state index contributed by atoms with van der Waals surface area (Å²) in [4.78, 5) is 3.85. The fraction of sp³-hybridized carbons (Fsp3) is 0.455. The van der Waals surface area contributed by atoms with E-state index in [-0.39, 0.29) is 6.61 Å². The number of nitriles is 1. The third kappa shape index (κ3) is 2.14. The summed E-state index contributed by atoms with van der Waals surface area (Å²) in [6.07, 6.45) is -1.02. The molecule has 1 aliphatic heterocycles. The molecule has 0 aliphatic carbocycles. The average Bonchev–Trinajstić information content (AvgIpc) is 2.66. The number of aliphatic hydroxyl groups excluding tert-OH is 3. The van der Waals surface area contributed by atoms with Crippen LogP contribution >= 0.6 is 0 Å². The molecule has 3 N–H and O–H groups in total. The number of rotatable bonds is 2. The highest BCUT2D eigenvalue weighted by molar-refractivity contribution is 5.31. The van der Waals surface area contributed by atoms with E-state index in [1.54, 1.807) is 0 Å². The molecule has 2 heterocycles. The van der Waals surface area contributed by atoms with Crippen molar-refractivity contribution in [2.75, 3.05) is 6.61 Å². The van der Waals surface area contributed by atoms with Crippen LogP contribution in [0.1, 0.15) is 17.2 Å². The number of hydrogen-bond acceptors (Lipinski definition) is 6. The van der Waals surface area contributed by atoms with Crippen LogP contribution in [0.4, 0.5) is 0 Å². The molecule has 1 aliphatic rings. The van der Waals surface area contributed by atoms with E-state index in [1.165, 1.54) is 18.5 Å². The van der Waals surface area contributed by atoms with Crippen LogP contribution < -0.4 is 0 Å². The van der Waals surface area contributed by atoms with E-state index in [0.717, 1.165) is 0 Å². The van der Waals surface area contributed by atoms with Gasteiger partial charge in [0.1, 0.15) is 30.5 Å². The molecule has 90 valence electrons. The summed E-state index contributed by atoms with van der Waals surface area (Å²) in [6.45, 7) is -0.375. The zero-order chi connectivity index (χ0) is 12.4. The third-order valence-electron chi connectivity index (χ3n) is 2.76. The van der Waals surface area contributed by atoms with Gasteiger partial charge >= 0.3 is 0 Å². The van der Waals surface area contributed by atoms with Crippen LogP contribution in [0.5, 0.6) is 0 Å². The predicted molar refractivity (Wildman–Crippen MR) is 55.7 cm³/mol. The number of aromatic nitrogens is 1. The van der Waals surface area contributed by atoms with Gasteiger partial charge in [-0.25, -0.2) is 0 Å². The fourth-order valence-electron chi connectivity index (χ4n) is 1.85. The molecule has 1 aromatic rings. The molecule has 0 bridgehead atoms. The van der Waals surface area contributed by atoms with E-state index in [4.69, 9.17) is 15.1 Å². The zero-order valence-corrected chi connectivity index (χ0v) is 8.89. The van der Waals surface area contributed by atoms with Gasteiger partial charge in [0.2, 0.25) is 0 Å². The SMILES string of the molecule is N#Cc1cncc([C@H]2O[C@H](CO)[C@H](O)[C@@H]2O)c1. The van der Waals surface area contributed by atoms with Crippen LogP contribution in [0.3, 0.4) is 0 Å². The molecule has 17 heavy (non-hydrogen) atoms. The molecule has 6 nitrogen and oxygen atoms in total. The Morgan fingerprint density at radius 3 is 2.71 bits per heavy atom. The van der Waals surface area contributed by atoms with E-state index in [2.05, 4.69) is 4.98 Å². The summed E-state index contributed by atoms with van der Waals surface area (Å²) < 4.78 is 5.32. The smallest absolute Gasteiger partial charge is 0.113 e. The molecule has 1 saturated heterocycles. The molecular formula is C11H12N2O4. The molecule has 1 fully saturated rings. The van der Waals surface area contributed by atoms with Gasteiger partial charge in [0.15, 0.2) is 0 Å². The predicted octanol–water partition coefficient (Wildman–Crippen LogP) is -0.893. The fourth-order valence-corrected chi connectivity index (χ4v) is 1.85. The maximum absolute atomic E-state index is 9.78. The first-order valence-corrected chi connectivity index (χ1v) is 5.15. The van der Waals surface area contributed by atoms with Crippen molar-refractivity contribution in [3.8, 4) is 6.07 Å². The van der Waals surface area contributed by atoms with Gasteiger partial charge in [-0.1, -0.05) is 0 Å². The van der Waals surface area contributed by atoms with Gasteiger partial charge in [-0.3, -0.25) is 4.98 Å². The van der Waals surface area contributed by atoms with E-state index in [9.17, 15) is 10.2 Å². The summed E-state index contributed by atoms with van der Waals surface area (Å²) in [6, 6.07) is 3.47. The lowest BCUT2D eigenvalue weighted by Crippen LogP contribution is -2.32. The Hall–Kier alpha value is -1.52. The first-order valence-electron chi connectivity index (χ1n) is 5.15. The van der Waals surface area contributed by atoms with Crippen molar-refractivity contribution >= 4 is 0 Å². The Balaban J connectivity index is 2.26. The van der Waals surface area contributed by atoms with E-state index in [1.807, 2.05) is 6.07 Å². The molecule has 1 aromatic heterocycles. The van der Waals surface area contributed by atoms with Crippen molar-refractivity contribution in [3.05, 3.63) is 29.6 Å². The lowest BCUT2D eigenvalue weighted by atomic mass is 10.0. The van der Waals surface area contributed by atoms with Gasteiger partial charge in [-0.05, 0) is 6.07 Å². The van der Waals surface area contributed by atoms with Crippen LogP contribution in [-0.4, -0.2) is 45.2 Å². The first kappa shape index (κ1) is 12.0. The monoisotopic (exact) mass is 236 g/mol. The lowest BCUT2D eigenvalue weighted by molar-refractivity contribution is -0.0228. The number of ether oxygens (including phenoxy) is 1. The minimum Gasteiger partial charge on any atom is -0.394 e. The first-order chi connectivity index (χ1) is 8.17. The van der Waals surface area contributed by atoms with Crippen molar-refractivity contribution in [1.82, 2.24) is 4.98 Å². The quantitative estimate of drug-likeness (QED) is 0.614. The molecule has 6 heteroatoms. The summed E-state index contributed by atoms with van der Waals surface area (Å²) in [5, 5.41) is 37.1. The highest BCUT2D eigenvalue weighted by Gasteiger charge is 2.43. The Labute approximate surface area is 97.7 Å². The maximum atomic E-state index is 9.78. The van der Waals surface area contributed by atoms with Gasteiger partial charge < -0.3 is 20.1 Å². The van der Waals surface area contributed by atoms with Crippen LogP contribution in [0.25, 0.3) is 0 Å². The van der Waals surface area contributed by atoms with Gasteiger partial charge in [0.25, 0.3) is 0 Å².